The van der Waals surface area contributed by atoms with Crippen molar-refractivity contribution in [3.8, 4) is 0 Å². The van der Waals surface area contributed by atoms with Crippen LogP contribution < -0.4 is 5.32 Å². The Morgan fingerprint density at radius 3 is 2.19 bits per heavy atom. The number of carboxylic acids is 1. The van der Waals surface area contributed by atoms with E-state index in [-0.39, 0.29) is 11.3 Å². The molecule has 21 heavy (non-hydrogen) atoms. The summed E-state index contributed by atoms with van der Waals surface area (Å²) in [4.78, 5) is 22.6. The first kappa shape index (κ1) is 17.2. The summed E-state index contributed by atoms with van der Waals surface area (Å²) in [5.74, 6) is -1.20. The second kappa shape index (κ2) is 7.25. The first-order valence-electron chi connectivity index (χ1n) is 7.35. The maximum absolute atomic E-state index is 11.7. The van der Waals surface area contributed by atoms with Crippen molar-refractivity contribution >= 4 is 11.9 Å². The largest absolute Gasteiger partial charge is 0.480 e. The fraction of sp³-hybridized carbons (Fsp3) is 0.529. The Labute approximate surface area is 126 Å². The zero-order valence-corrected chi connectivity index (χ0v) is 13.3. The number of benzene rings is 1. The summed E-state index contributed by atoms with van der Waals surface area (Å²) in [6.45, 7) is 8.22. The molecule has 0 fully saturated rings. The smallest absolute Gasteiger partial charge is 0.326 e. The Morgan fingerprint density at radius 1 is 1.19 bits per heavy atom. The molecule has 0 spiro atoms. The van der Waals surface area contributed by atoms with Gasteiger partial charge in [-0.3, -0.25) is 4.79 Å². The third kappa shape index (κ3) is 5.58. The highest BCUT2D eigenvalue weighted by molar-refractivity contribution is 5.83. The van der Waals surface area contributed by atoms with Gasteiger partial charge in [-0.15, -0.1) is 0 Å². The van der Waals surface area contributed by atoms with Gasteiger partial charge in [0.25, 0.3) is 0 Å². The van der Waals surface area contributed by atoms with Crippen molar-refractivity contribution in [2.45, 2.75) is 58.4 Å². The van der Waals surface area contributed by atoms with Gasteiger partial charge < -0.3 is 10.4 Å². The molecule has 1 amide bonds. The molecule has 1 rings (SSSR count). The number of aryl methyl sites for hydroxylation is 1. The van der Waals surface area contributed by atoms with E-state index in [0.717, 1.165) is 5.56 Å². The van der Waals surface area contributed by atoms with E-state index in [4.69, 9.17) is 5.11 Å². The molecule has 0 aliphatic heterocycles. The number of carbonyl (C=O) groups is 2. The van der Waals surface area contributed by atoms with E-state index in [0.29, 0.717) is 19.3 Å². The number of aliphatic carboxylic acids is 1. The minimum atomic E-state index is -0.986. The fourth-order valence-electron chi connectivity index (χ4n) is 2.03. The predicted octanol–water partition coefficient (Wildman–Crippen LogP) is 2.90. The maximum atomic E-state index is 11.7. The number of carbonyl (C=O) groups excluding carboxylic acids is 1. The molecule has 0 radical (unpaired) electrons. The molecule has 0 aromatic heterocycles. The van der Waals surface area contributed by atoms with Crippen molar-refractivity contribution in [3.05, 3.63) is 35.4 Å². The Balaban J connectivity index is 2.52. The van der Waals surface area contributed by atoms with Gasteiger partial charge in [-0.25, -0.2) is 4.79 Å². The summed E-state index contributed by atoms with van der Waals surface area (Å²) in [5, 5.41) is 11.4. The van der Waals surface area contributed by atoms with Crippen LogP contribution in [-0.2, 0) is 21.4 Å². The van der Waals surface area contributed by atoms with Crippen molar-refractivity contribution in [1.29, 1.82) is 0 Å². The van der Waals surface area contributed by atoms with Crippen molar-refractivity contribution in [3.63, 3.8) is 0 Å². The molecule has 0 aliphatic carbocycles. The second-order valence-electron chi connectivity index (χ2n) is 6.31. The summed E-state index contributed by atoms with van der Waals surface area (Å²) in [6, 6.07) is 7.43. The number of hydrogen-bond acceptors (Lipinski definition) is 2. The van der Waals surface area contributed by atoms with E-state index < -0.39 is 12.0 Å². The van der Waals surface area contributed by atoms with Gasteiger partial charge in [-0.05, 0) is 29.4 Å². The molecule has 0 heterocycles. The summed E-state index contributed by atoms with van der Waals surface area (Å²) in [6.07, 6.45) is 1.31. The van der Waals surface area contributed by atoms with E-state index in [2.05, 4.69) is 38.2 Å². The maximum Gasteiger partial charge on any atom is 0.326 e. The highest BCUT2D eigenvalue weighted by atomic mass is 16.4. The van der Waals surface area contributed by atoms with Gasteiger partial charge in [0.05, 0.1) is 0 Å². The lowest BCUT2D eigenvalue weighted by Crippen LogP contribution is -2.40. The van der Waals surface area contributed by atoms with Gasteiger partial charge in [0.15, 0.2) is 0 Å². The average molecular weight is 291 g/mol. The summed E-state index contributed by atoms with van der Waals surface area (Å²) < 4.78 is 0. The number of amides is 1. The quantitative estimate of drug-likeness (QED) is 0.847. The highest BCUT2D eigenvalue weighted by Gasteiger charge is 2.17. The number of hydrogen-bond donors (Lipinski definition) is 2. The lowest BCUT2D eigenvalue weighted by atomic mass is 9.86. The monoisotopic (exact) mass is 291 g/mol. The molecule has 0 saturated carbocycles. The molecule has 4 nitrogen and oxygen atoms in total. The molecular formula is C17H25NO3. The number of nitrogens with one attached hydrogen (secondary N) is 1. The molecule has 4 heteroatoms. The van der Waals surface area contributed by atoms with E-state index in [1.807, 2.05) is 12.1 Å². The van der Waals surface area contributed by atoms with Crippen LogP contribution in [0.5, 0.6) is 0 Å². The van der Waals surface area contributed by atoms with Crippen LogP contribution in [-0.4, -0.2) is 23.0 Å². The Morgan fingerprint density at radius 2 is 1.76 bits per heavy atom. The molecule has 1 aromatic rings. The van der Waals surface area contributed by atoms with Crippen LogP contribution in [0, 0.1) is 0 Å². The van der Waals surface area contributed by atoms with Crippen LogP contribution in [0.15, 0.2) is 24.3 Å². The van der Waals surface area contributed by atoms with Crippen LogP contribution in [0.25, 0.3) is 0 Å². The normalized spacial score (nSPS) is 12.8. The summed E-state index contributed by atoms with van der Waals surface area (Å²) in [5.41, 5.74) is 2.46. The number of rotatable bonds is 6. The standard InChI is InChI=1S/C17H25NO3/c1-5-14(16(20)21)18-15(19)11-8-12-6-9-13(10-7-12)17(2,3)4/h6-7,9-10,14H,5,8,11H2,1-4H3,(H,18,19)(H,20,21). The molecule has 0 aliphatic rings. The highest BCUT2D eigenvalue weighted by Crippen LogP contribution is 2.22. The van der Waals surface area contributed by atoms with Crippen molar-refractivity contribution in [1.82, 2.24) is 5.32 Å². The van der Waals surface area contributed by atoms with Gasteiger partial charge in [0, 0.05) is 6.42 Å². The van der Waals surface area contributed by atoms with Gasteiger partial charge in [-0.2, -0.15) is 0 Å². The molecule has 1 unspecified atom stereocenters. The van der Waals surface area contributed by atoms with Crippen LogP contribution in [0.4, 0.5) is 0 Å². The SMILES string of the molecule is CCC(NC(=O)CCc1ccc(C(C)(C)C)cc1)C(=O)O. The molecule has 116 valence electrons. The lowest BCUT2D eigenvalue weighted by Gasteiger charge is -2.19. The van der Waals surface area contributed by atoms with Crippen LogP contribution in [0.1, 0.15) is 51.7 Å². The van der Waals surface area contributed by atoms with E-state index >= 15 is 0 Å². The zero-order chi connectivity index (χ0) is 16.0. The molecular weight excluding hydrogens is 266 g/mol. The summed E-state index contributed by atoms with van der Waals surface area (Å²) >= 11 is 0. The van der Waals surface area contributed by atoms with Crippen molar-refractivity contribution in [2.24, 2.45) is 0 Å². The predicted molar refractivity (Wildman–Crippen MR) is 83.3 cm³/mol. The lowest BCUT2D eigenvalue weighted by molar-refractivity contribution is -0.141. The minimum absolute atomic E-state index is 0.117. The molecule has 0 saturated heterocycles. The first-order valence-corrected chi connectivity index (χ1v) is 7.35. The fourth-order valence-corrected chi connectivity index (χ4v) is 2.03. The first-order chi connectivity index (χ1) is 9.74. The molecule has 0 bridgehead atoms. The van der Waals surface area contributed by atoms with E-state index in [1.54, 1.807) is 6.92 Å². The van der Waals surface area contributed by atoms with Gasteiger partial charge in [0.1, 0.15) is 6.04 Å². The average Bonchev–Trinajstić information content (AvgIpc) is 2.41. The Bertz CT molecular complexity index is 486. The third-order valence-electron chi connectivity index (χ3n) is 3.50. The topological polar surface area (TPSA) is 66.4 Å². The number of carboxylic acid groups (broad SMARTS) is 1. The molecule has 2 N–H and O–H groups in total. The second-order valence-corrected chi connectivity index (χ2v) is 6.31. The van der Waals surface area contributed by atoms with E-state index in [1.165, 1.54) is 5.56 Å². The van der Waals surface area contributed by atoms with Crippen molar-refractivity contribution in [2.75, 3.05) is 0 Å². The third-order valence-corrected chi connectivity index (χ3v) is 3.50. The van der Waals surface area contributed by atoms with Crippen LogP contribution in [0.3, 0.4) is 0 Å². The van der Waals surface area contributed by atoms with Crippen molar-refractivity contribution < 1.29 is 14.7 Å². The summed E-state index contributed by atoms with van der Waals surface area (Å²) in [7, 11) is 0. The van der Waals surface area contributed by atoms with Crippen LogP contribution >= 0.6 is 0 Å². The van der Waals surface area contributed by atoms with Crippen LogP contribution in [0.2, 0.25) is 0 Å². The minimum Gasteiger partial charge on any atom is -0.480 e. The zero-order valence-electron chi connectivity index (χ0n) is 13.3. The molecule has 1 atom stereocenters. The molecule has 1 aromatic carbocycles. The van der Waals surface area contributed by atoms with E-state index in [9.17, 15) is 9.59 Å². The Hall–Kier alpha value is -1.84. The van der Waals surface area contributed by atoms with Gasteiger partial charge in [-0.1, -0.05) is 52.0 Å². The van der Waals surface area contributed by atoms with Gasteiger partial charge >= 0.3 is 5.97 Å². The Kier molecular flexibility index (Phi) is 5.94. The van der Waals surface area contributed by atoms with Gasteiger partial charge in [0.2, 0.25) is 5.91 Å².